The van der Waals surface area contributed by atoms with Crippen molar-refractivity contribution < 1.29 is 18.7 Å². The molecule has 1 aromatic carbocycles. The molecule has 2 amide bonds. The van der Waals surface area contributed by atoms with Gasteiger partial charge in [0.05, 0.1) is 12.2 Å². The summed E-state index contributed by atoms with van der Waals surface area (Å²) in [4.78, 5) is 30.3. The van der Waals surface area contributed by atoms with Gasteiger partial charge in [0.1, 0.15) is 12.4 Å². The summed E-state index contributed by atoms with van der Waals surface area (Å²) in [5.41, 5.74) is 4.71. The molecule has 0 N–H and O–H groups in total. The normalized spacial score (nSPS) is 23.0. The number of fused-ring (bicyclic) bond motifs is 1. The summed E-state index contributed by atoms with van der Waals surface area (Å²) < 4.78 is 21.0. The number of nitrogens with zero attached hydrogens (tertiary/aromatic N) is 4. The van der Waals surface area contributed by atoms with Gasteiger partial charge in [-0.05, 0) is 82.1 Å². The van der Waals surface area contributed by atoms with E-state index >= 15 is 0 Å². The van der Waals surface area contributed by atoms with E-state index in [2.05, 4.69) is 5.10 Å². The summed E-state index contributed by atoms with van der Waals surface area (Å²) in [7, 11) is 0. The standard InChI is InChI=1S/C27H35FN4O3/c1-17-13-21(28)7-8-22(17)20-9-11-30(12-10-20)25(33)16-32-24-6-4-5-23(24)26(29-32)27(34)31-14-18(2)35-19(3)15-31/h7-8,13,18-20H,4-6,9-12,14-16H2,1-3H3/t18-,19+. The van der Waals surface area contributed by atoms with Crippen molar-refractivity contribution in [2.75, 3.05) is 26.2 Å². The average Bonchev–Trinajstić information content (AvgIpc) is 3.42. The van der Waals surface area contributed by atoms with Crippen LogP contribution in [0.5, 0.6) is 0 Å². The summed E-state index contributed by atoms with van der Waals surface area (Å²) >= 11 is 0. The van der Waals surface area contributed by atoms with Gasteiger partial charge in [0.15, 0.2) is 5.69 Å². The van der Waals surface area contributed by atoms with Crippen LogP contribution in [0.4, 0.5) is 4.39 Å². The quantitative estimate of drug-likeness (QED) is 0.669. The Labute approximate surface area is 206 Å². The number of piperidine rings is 1. The minimum absolute atomic E-state index is 0.000960. The molecule has 2 aliphatic heterocycles. The molecule has 0 saturated carbocycles. The Hall–Kier alpha value is -2.74. The molecule has 1 aliphatic carbocycles. The largest absolute Gasteiger partial charge is 0.372 e. The number of aryl methyl sites for hydroxylation is 1. The highest BCUT2D eigenvalue weighted by Gasteiger charge is 2.33. The smallest absolute Gasteiger partial charge is 0.274 e. The maximum atomic E-state index is 13.5. The third kappa shape index (κ3) is 4.85. The molecule has 0 unspecified atom stereocenters. The number of halogens is 1. The van der Waals surface area contributed by atoms with Crippen molar-refractivity contribution in [3.8, 4) is 0 Å². The second-order valence-corrected chi connectivity index (χ2v) is 10.4. The van der Waals surface area contributed by atoms with Crippen LogP contribution in [0.25, 0.3) is 0 Å². The molecule has 2 aromatic rings. The van der Waals surface area contributed by atoms with Crippen molar-refractivity contribution in [1.29, 1.82) is 0 Å². The fraction of sp³-hybridized carbons (Fsp3) is 0.593. The molecule has 2 atom stereocenters. The maximum absolute atomic E-state index is 13.5. The SMILES string of the molecule is Cc1cc(F)ccc1C1CCN(C(=O)Cn2nc(C(=O)N3C[C@@H](C)O[C@@H](C)C3)c3c2CCC3)CC1. The number of benzene rings is 1. The van der Waals surface area contributed by atoms with Crippen molar-refractivity contribution in [2.45, 2.75) is 77.5 Å². The number of amides is 2. The fourth-order valence-electron chi connectivity index (χ4n) is 6.07. The van der Waals surface area contributed by atoms with E-state index in [4.69, 9.17) is 4.74 Å². The van der Waals surface area contributed by atoms with Gasteiger partial charge in [-0.2, -0.15) is 5.10 Å². The summed E-state index contributed by atoms with van der Waals surface area (Å²) in [5, 5.41) is 4.68. The average molecular weight is 483 g/mol. The lowest BCUT2D eigenvalue weighted by molar-refractivity contribution is -0.133. The Morgan fingerprint density at radius 1 is 1.09 bits per heavy atom. The minimum Gasteiger partial charge on any atom is -0.372 e. The summed E-state index contributed by atoms with van der Waals surface area (Å²) in [5.74, 6) is 0.133. The number of rotatable bonds is 4. The van der Waals surface area contributed by atoms with Gasteiger partial charge in [-0.25, -0.2) is 4.39 Å². The lowest BCUT2D eigenvalue weighted by Crippen LogP contribution is -2.48. The van der Waals surface area contributed by atoms with E-state index in [0.717, 1.165) is 48.9 Å². The lowest BCUT2D eigenvalue weighted by Gasteiger charge is -2.35. The molecule has 7 nitrogen and oxygen atoms in total. The van der Waals surface area contributed by atoms with Crippen molar-refractivity contribution in [3.63, 3.8) is 0 Å². The number of aromatic nitrogens is 2. The molecule has 3 heterocycles. The molecule has 3 aliphatic rings. The van der Waals surface area contributed by atoms with E-state index in [-0.39, 0.29) is 36.4 Å². The molecule has 1 aromatic heterocycles. The molecule has 0 spiro atoms. The van der Waals surface area contributed by atoms with Gasteiger partial charge < -0.3 is 14.5 Å². The first-order valence-corrected chi connectivity index (χ1v) is 12.9. The topological polar surface area (TPSA) is 67.7 Å². The Balaban J connectivity index is 1.25. The van der Waals surface area contributed by atoms with Crippen molar-refractivity contribution in [2.24, 2.45) is 0 Å². The van der Waals surface area contributed by atoms with Gasteiger partial charge in [-0.3, -0.25) is 14.3 Å². The predicted octanol–water partition coefficient (Wildman–Crippen LogP) is 3.47. The van der Waals surface area contributed by atoms with Gasteiger partial charge >= 0.3 is 0 Å². The Morgan fingerprint density at radius 3 is 2.49 bits per heavy atom. The van der Waals surface area contributed by atoms with Crippen LogP contribution in [-0.2, 0) is 28.9 Å². The number of morpholine rings is 1. The number of carbonyl (C=O) groups is 2. The predicted molar refractivity (Wildman–Crippen MR) is 130 cm³/mol. The molecule has 5 rings (SSSR count). The number of hydrogen-bond acceptors (Lipinski definition) is 4. The molecule has 188 valence electrons. The fourth-order valence-corrected chi connectivity index (χ4v) is 6.07. The van der Waals surface area contributed by atoms with Gasteiger partial charge in [-0.15, -0.1) is 0 Å². The second-order valence-electron chi connectivity index (χ2n) is 10.4. The number of ether oxygens (including phenoxy) is 1. The monoisotopic (exact) mass is 482 g/mol. The van der Waals surface area contributed by atoms with E-state index in [1.807, 2.05) is 36.6 Å². The van der Waals surface area contributed by atoms with Crippen LogP contribution in [0.2, 0.25) is 0 Å². The van der Waals surface area contributed by atoms with E-state index in [1.54, 1.807) is 10.7 Å². The first-order chi connectivity index (χ1) is 16.8. The lowest BCUT2D eigenvalue weighted by atomic mass is 9.87. The number of hydrogen-bond donors (Lipinski definition) is 0. The zero-order chi connectivity index (χ0) is 24.7. The van der Waals surface area contributed by atoms with Crippen LogP contribution in [-0.4, -0.2) is 69.8 Å². The summed E-state index contributed by atoms with van der Waals surface area (Å²) in [6.07, 6.45) is 4.41. The van der Waals surface area contributed by atoms with Crippen molar-refractivity contribution >= 4 is 11.8 Å². The Kier molecular flexibility index (Phi) is 6.66. The van der Waals surface area contributed by atoms with E-state index in [9.17, 15) is 14.0 Å². The Bertz CT molecular complexity index is 1110. The van der Waals surface area contributed by atoms with Crippen LogP contribution in [0.15, 0.2) is 18.2 Å². The molecule has 2 fully saturated rings. The highest BCUT2D eigenvalue weighted by atomic mass is 19.1. The zero-order valence-corrected chi connectivity index (χ0v) is 20.9. The molecule has 35 heavy (non-hydrogen) atoms. The van der Waals surface area contributed by atoms with Crippen LogP contribution >= 0.6 is 0 Å². The van der Waals surface area contributed by atoms with Gasteiger partial charge in [0, 0.05) is 37.4 Å². The minimum atomic E-state index is -0.207. The van der Waals surface area contributed by atoms with Crippen molar-refractivity contribution in [1.82, 2.24) is 19.6 Å². The maximum Gasteiger partial charge on any atom is 0.274 e. The van der Waals surface area contributed by atoms with Gasteiger partial charge in [0.25, 0.3) is 5.91 Å². The molecule has 0 radical (unpaired) electrons. The summed E-state index contributed by atoms with van der Waals surface area (Å²) in [6, 6.07) is 4.99. The van der Waals surface area contributed by atoms with E-state index in [0.29, 0.717) is 37.8 Å². The zero-order valence-electron chi connectivity index (χ0n) is 20.9. The number of likely N-dealkylation sites (tertiary alicyclic amines) is 1. The van der Waals surface area contributed by atoms with Crippen molar-refractivity contribution in [3.05, 3.63) is 52.1 Å². The van der Waals surface area contributed by atoms with Crippen LogP contribution < -0.4 is 0 Å². The third-order valence-corrected chi connectivity index (χ3v) is 7.72. The van der Waals surface area contributed by atoms with Crippen LogP contribution in [0.1, 0.15) is 71.9 Å². The third-order valence-electron chi connectivity index (χ3n) is 7.72. The van der Waals surface area contributed by atoms with Gasteiger partial charge in [-0.1, -0.05) is 6.07 Å². The first kappa shape index (κ1) is 24.0. The van der Waals surface area contributed by atoms with E-state index < -0.39 is 0 Å². The second kappa shape index (κ2) is 9.72. The highest BCUT2D eigenvalue weighted by molar-refractivity contribution is 5.94. The van der Waals surface area contributed by atoms with Crippen LogP contribution in [0.3, 0.4) is 0 Å². The number of carbonyl (C=O) groups excluding carboxylic acids is 2. The molecule has 0 bridgehead atoms. The first-order valence-electron chi connectivity index (χ1n) is 12.9. The summed E-state index contributed by atoms with van der Waals surface area (Å²) in [6.45, 7) is 8.57. The molecular weight excluding hydrogens is 447 g/mol. The molecule has 2 saturated heterocycles. The highest BCUT2D eigenvalue weighted by Crippen LogP contribution is 2.31. The molecular formula is C27H35FN4O3. The molecule has 8 heteroatoms. The van der Waals surface area contributed by atoms with Crippen LogP contribution in [0, 0.1) is 12.7 Å². The Morgan fingerprint density at radius 2 is 1.80 bits per heavy atom. The van der Waals surface area contributed by atoms with Gasteiger partial charge in [0.2, 0.25) is 5.91 Å². The van der Waals surface area contributed by atoms with E-state index in [1.165, 1.54) is 11.6 Å².